The summed E-state index contributed by atoms with van der Waals surface area (Å²) in [7, 11) is 0. The number of aliphatic hydroxyl groups excluding tert-OH is 8. The molecule has 2 aliphatic heterocycles. The van der Waals surface area contributed by atoms with E-state index in [0.29, 0.717) is 12.8 Å². The van der Waals surface area contributed by atoms with Gasteiger partial charge in [0, 0.05) is 6.42 Å². The van der Waals surface area contributed by atoms with Crippen molar-refractivity contribution in [3.05, 3.63) is 122 Å². The van der Waals surface area contributed by atoms with Gasteiger partial charge < -0.3 is 65.1 Å². The number of unbranched alkanes of at least 4 members (excludes halogenated alkanes) is 27. The lowest BCUT2D eigenvalue weighted by Crippen LogP contribution is -2.65. The zero-order valence-electron chi connectivity index (χ0n) is 56.8. The molecule has 2 aliphatic rings. The molecule has 2 fully saturated rings. The van der Waals surface area contributed by atoms with Crippen molar-refractivity contribution in [1.29, 1.82) is 0 Å². The molecule has 12 unspecified atom stereocenters. The van der Waals surface area contributed by atoms with Gasteiger partial charge in [-0.3, -0.25) is 4.79 Å². The molecule has 91 heavy (non-hydrogen) atoms. The van der Waals surface area contributed by atoms with Crippen LogP contribution in [0.3, 0.4) is 0 Å². The second kappa shape index (κ2) is 60.1. The molecule has 0 saturated carbocycles. The first-order valence-corrected chi connectivity index (χ1v) is 36.3. The van der Waals surface area contributed by atoms with Crippen molar-refractivity contribution in [2.75, 3.05) is 19.8 Å². The first kappa shape index (κ1) is 83.5. The highest BCUT2D eigenvalue weighted by Gasteiger charge is 2.51. The largest absolute Gasteiger partial charge is 0.394 e. The summed E-state index contributed by atoms with van der Waals surface area (Å²) in [6, 6.07) is -0.949. The summed E-state index contributed by atoms with van der Waals surface area (Å²) < 4.78 is 22.8. The van der Waals surface area contributed by atoms with Crippen molar-refractivity contribution in [3.63, 3.8) is 0 Å². The van der Waals surface area contributed by atoms with Crippen molar-refractivity contribution in [1.82, 2.24) is 5.32 Å². The van der Waals surface area contributed by atoms with Gasteiger partial charge in [0.1, 0.15) is 48.8 Å². The van der Waals surface area contributed by atoms with Crippen molar-refractivity contribution >= 4 is 5.91 Å². The molecule has 0 aliphatic carbocycles. The van der Waals surface area contributed by atoms with Crippen LogP contribution in [-0.4, -0.2) is 140 Å². The number of carbonyl (C=O) groups is 1. The van der Waals surface area contributed by atoms with Gasteiger partial charge in [-0.1, -0.05) is 277 Å². The number of allylic oxidation sites excluding steroid dienone is 19. The maximum Gasteiger partial charge on any atom is 0.220 e. The van der Waals surface area contributed by atoms with Crippen LogP contribution in [0, 0.1) is 0 Å². The number of nitrogens with one attached hydrogen (secondary N) is 1. The Balaban J connectivity index is 1.69. The Bertz CT molecular complexity index is 1990. The Morgan fingerprint density at radius 1 is 0.407 bits per heavy atom. The maximum absolute atomic E-state index is 13.3. The van der Waals surface area contributed by atoms with Gasteiger partial charge in [-0.2, -0.15) is 0 Å². The highest BCUT2D eigenvalue weighted by atomic mass is 16.7. The fourth-order valence-electron chi connectivity index (χ4n) is 11.1. The highest BCUT2D eigenvalue weighted by molar-refractivity contribution is 5.76. The van der Waals surface area contributed by atoms with Gasteiger partial charge in [0.15, 0.2) is 12.6 Å². The summed E-state index contributed by atoms with van der Waals surface area (Å²) in [5.41, 5.74) is 0. The molecule has 14 heteroatoms. The molecule has 0 aromatic heterocycles. The SMILES string of the molecule is CC/C=C\C/C=C\C/C=C\C/C=C\C/C=C\C/C=C\C/C=C\CCCCCCCCCCCCCC(=O)NC(COC1OC(CO)C(OC2OC(CO)C(O)C(O)C2O)C(O)C1O)C(O)/C=C/CC/C=C/CC/C=C/CCCCCCCCCCCCCCCC. The van der Waals surface area contributed by atoms with E-state index >= 15 is 0 Å². The van der Waals surface area contributed by atoms with Crippen LogP contribution in [0.1, 0.15) is 264 Å². The number of amides is 1. The second-order valence-corrected chi connectivity index (χ2v) is 25.0. The van der Waals surface area contributed by atoms with Gasteiger partial charge in [-0.05, 0) is 103 Å². The molecule has 2 heterocycles. The Morgan fingerprint density at radius 3 is 1.21 bits per heavy atom. The molecule has 12 atom stereocenters. The van der Waals surface area contributed by atoms with E-state index in [4.69, 9.17) is 18.9 Å². The molecule has 0 spiro atoms. The lowest BCUT2D eigenvalue weighted by molar-refractivity contribution is -0.359. The van der Waals surface area contributed by atoms with Crippen molar-refractivity contribution in [3.8, 4) is 0 Å². The molecule has 1 amide bonds. The number of ether oxygens (including phenoxy) is 4. The maximum atomic E-state index is 13.3. The molecule has 0 aromatic rings. The van der Waals surface area contributed by atoms with Crippen LogP contribution in [0.4, 0.5) is 0 Å². The first-order chi connectivity index (χ1) is 44.6. The molecule has 0 aromatic carbocycles. The zero-order valence-corrected chi connectivity index (χ0v) is 56.8. The van der Waals surface area contributed by atoms with Crippen LogP contribution in [0.2, 0.25) is 0 Å². The van der Waals surface area contributed by atoms with E-state index in [9.17, 15) is 45.6 Å². The second-order valence-electron chi connectivity index (χ2n) is 25.0. The third kappa shape index (κ3) is 43.9. The minimum atomic E-state index is -1.80. The van der Waals surface area contributed by atoms with E-state index in [-0.39, 0.29) is 18.9 Å². The third-order valence-electron chi connectivity index (χ3n) is 16.9. The predicted molar refractivity (Wildman–Crippen MR) is 373 cm³/mol. The van der Waals surface area contributed by atoms with Gasteiger partial charge >= 0.3 is 0 Å². The van der Waals surface area contributed by atoms with Gasteiger partial charge in [-0.25, -0.2) is 0 Å². The third-order valence-corrected chi connectivity index (χ3v) is 16.9. The lowest BCUT2D eigenvalue weighted by atomic mass is 9.97. The van der Waals surface area contributed by atoms with E-state index in [1.807, 2.05) is 6.08 Å². The van der Waals surface area contributed by atoms with Crippen LogP contribution < -0.4 is 5.32 Å². The number of carbonyl (C=O) groups excluding carboxylic acids is 1. The van der Waals surface area contributed by atoms with Crippen molar-refractivity contribution in [2.24, 2.45) is 0 Å². The monoisotopic (exact) mass is 1280 g/mol. The fraction of sp³-hybridized carbons (Fsp3) is 0.727. The van der Waals surface area contributed by atoms with Gasteiger partial charge in [0.05, 0.1) is 32.0 Å². The minimum Gasteiger partial charge on any atom is -0.394 e. The van der Waals surface area contributed by atoms with Gasteiger partial charge in [0.25, 0.3) is 0 Å². The Kier molecular flexibility index (Phi) is 55.1. The molecule has 14 nitrogen and oxygen atoms in total. The fourth-order valence-corrected chi connectivity index (χ4v) is 11.1. The Hall–Kier alpha value is -3.61. The number of hydrogen-bond donors (Lipinski definition) is 9. The topological polar surface area (TPSA) is 228 Å². The van der Waals surface area contributed by atoms with Gasteiger partial charge in [0.2, 0.25) is 5.91 Å². The lowest BCUT2D eigenvalue weighted by Gasteiger charge is -2.46. The molecule has 0 bridgehead atoms. The molecular weight excluding hydrogens is 1150 g/mol. The summed E-state index contributed by atoms with van der Waals surface area (Å²) in [5.74, 6) is -0.260. The van der Waals surface area contributed by atoms with Crippen LogP contribution in [0.5, 0.6) is 0 Å². The van der Waals surface area contributed by atoms with Gasteiger partial charge in [-0.15, -0.1) is 0 Å². The number of aliphatic hydroxyl groups is 8. The first-order valence-electron chi connectivity index (χ1n) is 36.3. The highest BCUT2D eigenvalue weighted by Crippen LogP contribution is 2.30. The van der Waals surface area contributed by atoms with Crippen molar-refractivity contribution < 1.29 is 64.6 Å². The summed E-state index contributed by atoms with van der Waals surface area (Å²) in [4.78, 5) is 13.3. The van der Waals surface area contributed by atoms with Crippen LogP contribution >= 0.6 is 0 Å². The summed E-state index contributed by atoms with van der Waals surface area (Å²) >= 11 is 0. The van der Waals surface area contributed by atoms with Crippen LogP contribution in [0.25, 0.3) is 0 Å². The van der Waals surface area contributed by atoms with Crippen LogP contribution in [0.15, 0.2) is 122 Å². The molecule has 0 radical (unpaired) electrons. The quantitative estimate of drug-likeness (QED) is 0.0204. The van der Waals surface area contributed by atoms with Crippen LogP contribution in [-0.2, 0) is 23.7 Å². The smallest absolute Gasteiger partial charge is 0.220 e. The van der Waals surface area contributed by atoms with E-state index in [1.165, 1.54) is 135 Å². The van der Waals surface area contributed by atoms with E-state index in [0.717, 1.165) is 96.3 Å². The van der Waals surface area contributed by atoms with E-state index in [2.05, 4.69) is 129 Å². The Labute approximate surface area is 552 Å². The summed E-state index contributed by atoms with van der Waals surface area (Å²) in [6.07, 6.45) is 71.1. The molecule has 9 N–H and O–H groups in total. The minimum absolute atomic E-state index is 0.259. The average molecular weight is 1280 g/mol. The molecular formula is C77H131NO13. The van der Waals surface area contributed by atoms with Crippen molar-refractivity contribution in [2.45, 2.75) is 338 Å². The average Bonchev–Trinajstić information content (AvgIpc) is 1.28. The summed E-state index contributed by atoms with van der Waals surface area (Å²) in [6.45, 7) is 2.67. The standard InChI is InChI=1S/C77H131NO13/c1-3-5-7-9-11-13-15-17-19-21-23-25-27-29-30-31-32-33-34-35-36-37-39-41-43-45-47-49-51-53-55-57-59-61-69(82)78-65(64-88-76-74(87)72(85)75(68(63-80)90-76)91-77-73(86)71(84)70(83)67(62-79)89-77)66(81)60-58-56-54-52-50-48-46-44-42-40-38-28-26-24-22-20-18-16-14-12-10-8-6-4-2/h5,7,11,13,17,19,23,25,29-30,32-33,35-36,42,44,50,52,58,60,65-68,70-77,79-81,83-87H,3-4,6,8-10,12,14-16,18,20-22,24,26-28,31,34,37-41,43,45-49,51,53-57,59,61-64H2,1-2H3,(H,78,82)/b7-5-,13-11-,19-17-,25-23-,30-29-,33-32-,36-35-,44-42+,52-50+,60-58+. The molecule has 2 rings (SSSR count). The van der Waals surface area contributed by atoms with E-state index < -0.39 is 86.8 Å². The van der Waals surface area contributed by atoms with E-state index in [1.54, 1.807) is 6.08 Å². The normalized spacial score (nSPS) is 23.5. The zero-order chi connectivity index (χ0) is 65.9. The Morgan fingerprint density at radius 2 is 0.769 bits per heavy atom. The predicted octanol–water partition coefficient (Wildman–Crippen LogP) is 15.3. The molecule has 522 valence electrons. The number of rotatable bonds is 58. The summed E-state index contributed by atoms with van der Waals surface area (Å²) in [5, 5.41) is 87.5. The number of hydrogen-bond acceptors (Lipinski definition) is 13. The molecule has 2 saturated heterocycles.